The lowest BCUT2D eigenvalue weighted by atomic mass is 10.1. The number of amidine groups is 1. The zero-order valence-electron chi connectivity index (χ0n) is 7.70. The Kier molecular flexibility index (Phi) is 2.26. The Balaban J connectivity index is 2.35. The fourth-order valence-electron chi connectivity index (χ4n) is 1.43. The minimum absolute atomic E-state index is 0.0538. The van der Waals surface area contributed by atoms with E-state index in [4.69, 9.17) is 5.11 Å². The highest BCUT2D eigenvalue weighted by Crippen LogP contribution is 2.23. The maximum Gasteiger partial charge on any atom is 0.132 e. The van der Waals surface area contributed by atoms with Crippen LogP contribution >= 0.6 is 0 Å². The van der Waals surface area contributed by atoms with Gasteiger partial charge in [0.1, 0.15) is 17.3 Å². The molecule has 0 fully saturated rings. The van der Waals surface area contributed by atoms with E-state index in [0.29, 0.717) is 11.4 Å². The third-order valence-electron chi connectivity index (χ3n) is 2.13. The first-order valence-corrected chi connectivity index (χ1v) is 4.58. The van der Waals surface area contributed by atoms with Crippen LogP contribution in [0.1, 0.15) is 12.0 Å². The molecule has 1 aromatic rings. The zero-order chi connectivity index (χ0) is 9.97. The normalized spacial score (nSPS) is 15.9. The number of nitrogens with zero attached hydrogens (tertiary/aromatic N) is 1. The third kappa shape index (κ3) is 1.64. The summed E-state index contributed by atoms with van der Waals surface area (Å²) in [5.74, 6) is 0.814. The van der Waals surface area contributed by atoms with Crippen LogP contribution in [0, 0.1) is 0 Å². The molecule has 1 aromatic carbocycles. The van der Waals surface area contributed by atoms with E-state index in [1.807, 2.05) is 0 Å². The molecule has 0 spiro atoms. The first-order valence-electron chi connectivity index (χ1n) is 4.58. The predicted molar refractivity (Wildman–Crippen MR) is 53.8 cm³/mol. The number of phenolic OH excluding ortho intramolecular Hbond substituents is 2. The second kappa shape index (κ2) is 3.57. The quantitative estimate of drug-likeness (QED) is 0.617. The van der Waals surface area contributed by atoms with E-state index in [2.05, 4.69) is 10.3 Å². The highest BCUT2D eigenvalue weighted by Gasteiger charge is 2.11. The van der Waals surface area contributed by atoms with E-state index < -0.39 is 0 Å². The Morgan fingerprint density at radius 3 is 2.79 bits per heavy atom. The van der Waals surface area contributed by atoms with E-state index in [9.17, 15) is 5.11 Å². The fraction of sp³-hybridized carbons (Fsp3) is 0.300. The van der Waals surface area contributed by atoms with Gasteiger partial charge in [-0.2, -0.15) is 0 Å². The van der Waals surface area contributed by atoms with E-state index in [0.717, 1.165) is 19.5 Å². The van der Waals surface area contributed by atoms with E-state index in [1.54, 1.807) is 6.07 Å². The van der Waals surface area contributed by atoms with Crippen molar-refractivity contribution in [2.45, 2.75) is 6.42 Å². The maximum atomic E-state index is 9.56. The second-order valence-electron chi connectivity index (χ2n) is 3.21. The lowest BCUT2D eigenvalue weighted by Crippen LogP contribution is -2.30. The molecule has 0 aliphatic carbocycles. The Morgan fingerprint density at radius 1 is 1.29 bits per heavy atom. The van der Waals surface area contributed by atoms with Gasteiger partial charge in [-0.3, -0.25) is 4.99 Å². The van der Waals surface area contributed by atoms with Gasteiger partial charge in [0.05, 0.1) is 5.56 Å². The van der Waals surface area contributed by atoms with Gasteiger partial charge in [-0.05, 0) is 18.6 Å². The van der Waals surface area contributed by atoms with Gasteiger partial charge in [-0.1, -0.05) is 0 Å². The predicted octanol–water partition coefficient (Wildman–Crippen LogP) is 0.838. The molecule has 0 aromatic heterocycles. The number of aliphatic imine (C=N–C) groups is 1. The Hall–Kier alpha value is -1.71. The lowest BCUT2D eigenvalue weighted by molar-refractivity contribution is 0.449. The van der Waals surface area contributed by atoms with Crippen LogP contribution in [-0.2, 0) is 0 Å². The van der Waals surface area contributed by atoms with Crippen molar-refractivity contribution >= 4 is 5.84 Å². The molecule has 3 N–H and O–H groups in total. The Labute approximate surface area is 81.9 Å². The van der Waals surface area contributed by atoms with Gasteiger partial charge in [0.2, 0.25) is 0 Å². The molecular formula is C10H12N2O2. The van der Waals surface area contributed by atoms with Crippen LogP contribution in [0.15, 0.2) is 23.2 Å². The summed E-state index contributed by atoms with van der Waals surface area (Å²) >= 11 is 0. The first kappa shape index (κ1) is 8.87. The molecule has 14 heavy (non-hydrogen) atoms. The highest BCUT2D eigenvalue weighted by atomic mass is 16.3. The minimum atomic E-state index is 0.0538. The Bertz CT molecular complexity index is 374. The molecule has 0 amide bonds. The van der Waals surface area contributed by atoms with E-state index in [-0.39, 0.29) is 11.5 Å². The fourth-order valence-corrected chi connectivity index (χ4v) is 1.43. The van der Waals surface area contributed by atoms with Crippen molar-refractivity contribution in [1.82, 2.24) is 5.32 Å². The first-order chi connectivity index (χ1) is 6.77. The Morgan fingerprint density at radius 2 is 2.14 bits per heavy atom. The number of hydrogen-bond acceptors (Lipinski definition) is 4. The zero-order valence-corrected chi connectivity index (χ0v) is 7.70. The van der Waals surface area contributed by atoms with Crippen LogP contribution in [0.25, 0.3) is 0 Å². The number of phenols is 2. The summed E-state index contributed by atoms with van der Waals surface area (Å²) in [7, 11) is 0. The summed E-state index contributed by atoms with van der Waals surface area (Å²) in [5.41, 5.74) is 0.641. The summed E-state index contributed by atoms with van der Waals surface area (Å²) in [6.07, 6.45) is 1.02. The lowest BCUT2D eigenvalue weighted by Gasteiger charge is -2.15. The van der Waals surface area contributed by atoms with E-state index in [1.165, 1.54) is 12.1 Å². The number of nitrogens with one attached hydrogen (secondary N) is 1. The molecule has 4 nitrogen and oxygen atoms in total. The smallest absolute Gasteiger partial charge is 0.132 e. The van der Waals surface area contributed by atoms with Crippen molar-refractivity contribution in [3.05, 3.63) is 23.8 Å². The van der Waals surface area contributed by atoms with Crippen molar-refractivity contribution < 1.29 is 10.2 Å². The van der Waals surface area contributed by atoms with Crippen LogP contribution in [0.4, 0.5) is 0 Å². The SMILES string of the molecule is Oc1ccc(C2=NCCCN2)c(O)c1. The van der Waals surface area contributed by atoms with E-state index >= 15 is 0 Å². The molecule has 1 aliphatic rings. The van der Waals surface area contributed by atoms with Crippen LogP contribution in [0.3, 0.4) is 0 Å². The summed E-state index contributed by atoms with van der Waals surface area (Å²) < 4.78 is 0. The third-order valence-corrected chi connectivity index (χ3v) is 2.13. The van der Waals surface area contributed by atoms with Gasteiger partial charge in [-0.15, -0.1) is 0 Å². The molecule has 0 bridgehead atoms. The van der Waals surface area contributed by atoms with Gasteiger partial charge in [0.15, 0.2) is 0 Å². The van der Waals surface area contributed by atoms with Crippen molar-refractivity contribution in [2.75, 3.05) is 13.1 Å². The molecule has 0 atom stereocenters. The van der Waals surface area contributed by atoms with Crippen LogP contribution < -0.4 is 5.32 Å². The van der Waals surface area contributed by atoms with Gasteiger partial charge in [0, 0.05) is 19.2 Å². The average molecular weight is 192 g/mol. The van der Waals surface area contributed by atoms with Gasteiger partial charge < -0.3 is 15.5 Å². The van der Waals surface area contributed by atoms with Crippen molar-refractivity contribution in [3.63, 3.8) is 0 Å². The number of rotatable bonds is 1. The standard InChI is InChI=1S/C10H12N2O2/c13-7-2-3-8(9(14)6-7)10-11-4-1-5-12-10/h2-3,6,13-14H,1,4-5H2,(H,11,12). The second-order valence-corrected chi connectivity index (χ2v) is 3.21. The molecule has 4 heteroatoms. The van der Waals surface area contributed by atoms with Gasteiger partial charge >= 0.3 is 0 Å². The van der Waals surface area contributed by atoms with Crippen LogP contribution in [0.2, 0.25) is 0 Å². The molecule has 0 saturated heterocycles. The minimum Gasteiger partial charge on any atom is -0.508 e. The molecule has 74 valence electrons. The van der Waals surface area contributed by atoms with Crippen LogP contribution in [-0.4, -0.2) is 29.1 Å². The molecular weight excluding hydrogens is 180 g/mol. The monoisotopic (exact) mass is 192 g/mol. The molecule has 0 radical (unpaired) electrons. The summed E-state index contributed by atoms with van der Waals surface area (Å²) in [6, 6.07) is 4.50. The number of hydrogen-bond donors (Lipinski definition) is 3. The molecule has 1 aliphatic heterocycles. The maximum absolute atomic E-state index is 9.56. The highest BCUT2D eigenvalue weighted by molar-refractivity contribution is 6.01. The summed E-state index contributed by atoms with van der Waals surface area (Å²) in [5, 5.41) is 21.8. The molecule has 0 unspecified atom stereocenters. The van der Waals surface area contributed by atoms with Crippen molar-refractivity contribution in [2.24, 2.45) is 4.99 Å². The van der Waals surface area contributed by atoms with Crippen molar-refractivity contribution in [3.8, 4) is 11.5 Å². The average Bonchev–Trinajstić information content (AvgIpc) is 2.19. The molecule has 0 saturated carbocycles. The summed E-state index contributed by atoms with van der Waals surface area (Å²) in [4.78, 5) is 4.25. The van der Waals surface area contributed by atoms with Crippen LogP contribution in [0.5, 0.6) is 11.5 Å². The molecule has 2 rings (SSSR count). The largest absolute Gasteiger partial charge is 0.508 e. The van der Waals surface area contributed by atoms with Gasteiger partial charge in [0.25, 0.3) is 0 Å². The molecule has 1 heterocycles. The van der Waals surface area contributed by atoms with Crippen molar-refractivity contribution in [1.29, 1.82) is 0 Å². The van der Waals surface area contributed by atoms with Gasteiger partial charge in [-0.25, -0.2) is 0 Å². The summed E-state index contributed by atoms with van der Waals surface area (Å²) in [6.45, 7) is 1.65. The topological polar surface area (TPSA) is 64.9 Å². The number of benzene rings is 1. The number of aromatic hydroxyl groups is 2.